The minimum atomic E-state index is -0.101. The second-order valence-electron chi connectivity index (χ2n) is 5.82. The first kappa shape index (κ1) is 17.2. The fourth-order valence-electron chi connectivity index (χ4n) is 2.45. The molecule has 0 bridgehead atoms. The molecule has 26 heavy (non-hydrogen) atoms. The van der Waals surface area contributed by atoms with Crippen LogP contribution in [0.3, 0.4) is 0 Å². The molecule has 0 aliphatic heterocycles. The van der Waals surface area contributed by atoms with Gasteiger partial charge in [0, 0.05) is 26.0 Å². The molecule has 0 atom stereocenters. The van der Waals surface area contributed by atoms with E-state index in [4.69, 9.17) is 5.26 Å². The van der Waals surface area contributed by atoms with Crippen molar-refractivity contribution >= 4 is 11.7 Å². The Morgan fingerprint density at radius 1 is 1.23 bits per heavy atom. The second kappa shape index (κ2) is 7.94. The zero-order valence-electron chi connectivity index (χ0n) is 14.3. The summed E-state index contributed by atoms with van der Waals surface area (Å²) in [5.74, 6) is 0.541. The summed E-state index contributed by atoms with van der Waals surface area (Å²) in [6.07, 6.45) is 3.20. The van der Waals surface area contributed by atoms with Crippen LogP contribution >= 0.6 is 0 Å². The summed E-state index contributed by atoms with van der Waals surface area (Å²) < 4.78 is 0. The summed E-state index contributed by atoms with van der Waals surface area (Å²) >= 11 is 0. The van der Waals surface area contributed by atoms with Crippen molar-refractivity contribution in [1.82, 2.24) is 20.5 Å². The highest BCUT2D eigenvalue weighted by Gasteiger charge is 2.08. The van der Waals surface area contributed by atoms with Crippen LogP contribution in [-0.2, 0) is 11.3 Å². The number of carbonyl (C=O) groups excluding carboxylic acids is 1. The van der Waals surface area contributed by atoms with Crippen LogP contribution in [0.25, 0.3) is 11.3 Å². The number of H-pyrrole nitrogens is 1. The molecule has 130 valence electrons. The van der Waals surface area contributed by atoms with Crippen molar-refractivity contribution in [1.29, 1.82) is 5.26 Å². The van der Waals surface area contributed by atoms with Crippen LogP contribution < -0.4 is 10.2 Å². The Morgan fingerprint density at radius 2 is 2.04 bits per heavy atom. The summed E-state index contributed by atoms with van der Waals surface area (Å²) in [5.41, 5.74) is 3.51. The number of rotatable bonds is 6. The number of pyridine rings is 1. The first-order valence-electron chi connectivity index (χ1n) is 8.08. The van der Waals surface area contributed by atoms with Gasteiger partial charge in [-0.2, -0.15) is 10.4 Å². The van der Waals surface area contributed by atoms with Crippen LogP contribution in [-0.4, -0.2) is 34.7 Å². The van der Waals surface area contributed by atoms with Gasteiger partial charge in [0.25, 0.3) is 0 Å². The predicted molar refractivity (Wildman–Crippen MR) is 98.1 cm³/mol. The maximum Gasteiger partial charge on any atom is 0.239 e. The molecule has 2 N–H and O–H groups in total. The monoisotopic (exact) mass is 346 g/mol. The smallest absolute Gasteiger partial charge is 0.239 e. The van der Waals surface area contributed by atoms with E-state index in [1.807, 2.05) is 36.4 Å². The molecule has 0 aliphatic rings. The van der Waals surface area contributed by atoms with Crippen LogP contribution in [0.5, 0.6) is 0 Å². The molecule has 3 rings (SSSR count). The van der Waals surface area contributed by atoms with Crippen molar-refractivity contribution in [3.05, 3.63) is 66.0 Å². The standard InChI is InChI=1S/C19H18N6O/c1-25(18-7-4-15(10-20)12-21-18)13-19(26)22-11-14-2-5-16(6-3-14)17-8-9-23-24-17/h2-9,12H,11,13H2,1H3,(H,22,26)(H,23,24). The molecule has 0 spiro atoms. The van der Waals surface area contributed by atoms with E-state index in [1.165, 1.54) is 6.20 Å². The van der Waals surface area contributed by atoms with Gasteiger partial charge in [-0.05, 0) is 29.3 Å². The van der Waals surface area contributed by atoms with Gasteiger partial charge in [0.15, 0.2) is 0 Å². The minimum absolute atomic E-state index is 0.101. The number of nitriles is 1. The number of hydrogen-bond acceptors (Lipinski definition) is 5. The Morgan fingerprint density at radius 3 is 2.65 bits per heavy atom. The summed E-state index contributed by atoms with van der Waals surface area (Å²) in [4.78, 5) is 18.0. The molecule has 0 unspecified atom stereocenters. The number of carbonyl (C=O) groups is 1. The first-order chi connectivity index (χ1) is 12.7. The van der Waals surface area contributed by atoms with Gasteiger partial charge in [0.1, 0.15) is 11.9 Å². The van der Waals surface area contributed by atoms with Crippen LogP contribution in [0.1, 0.15) is 11.1 Å². The molecule has 7 nitrogen and oxygen atoms in total. The predicted octanol–water partition coefficient (Wildman–Crippen LogP) is 2.10. The van der Waals surface area contributed by atoms with Crippen LogP contribution in [0, 0.1) is 11.3 Å². The van der Waals surface area contributed by atoms with E-state index in [-0.39, 0.29) is 12.5 Å². The summed E-state index contributed by atoms with van der Waals surface area (Å²) in [5, 5.41) is 18.5. The number of aromatic nitrogens is 3. The van der Waals surface area contributed by atoms with E-state index < -0.39 is 0 Å². The van der Waals surface area contributed by atoms with E-state index in [9.17, 15) is 4.79 Å². The van der Waals surface area contributed by atoms with Gasteiger partial charge < -0.3 is 10.2 Å². The topological polar surface area (TPSA) is 97.7 Å². The minimum Gasteiger partial charge on any atom is -0.350 e. The average molecular weight is 346 g/mol. The lowest BCUT2D eigenvalue weighted by atomic mass is 10.1. The van der Waals surface area contributed by atoms with Gasteiger partial charge in [-0.1, -0.05) is 24.3 Å². The second-order valence-corrected chi connectivity index (χ2v) is 5.82. The van der Waals surface area contributed by atoms with Crippen LogP contribution in [0.2, 0.25) is 0 Å². The van der Waals surface area contributed by atoms with Gasteiger partial charge in [-0.25, -0.2) is 4.98 Å². The van der Waals surface area contributed by atoms with Crippen molar-refractivity contribution in [3.8, 4) is 17.3 Å². The van der Waals surface area contributed by atoms with Crippen LogP contribution in [0.4, 0.5) is 5.82 Å². The Bertz CT molecular complexity index is 895. The van der Waals surface area contributed by atoms with Gasteiger partial charge >= 0.3 is 0 Å². The molecule has 3 aromatic rings. The number of likely N-dealkylation sites (N-methyl/N-ethyl adjacent to an activating group) is 1. The lowest BCUT2D eigenvalue weighted by molar-refractivity contribution is -0.119. The third-order valence-corrected chi connectivity index (χ3v) is 3.90. The SMILES string of the molecule is CN(CC(=O)NCc1ccc(-c2ccn[nH]2)cc1)c1ccc(C#N)cn1. The number of nitrogens with zero attached hydrogens (tertiary/aromatic N) is 4. The van der Waals surface area contributed by atoms with Crippen molar-refractivity contribution in [2.24, 2.45) is 0 Å². The van der Waals surface area contributed by atoms with E-state index in [0.717, 1.165) is 16.8 Å². The Labute approximate surface area is 151 Å². The van der Waals surface area contributed by atoms with Gasteiger partial charge in [-0.15, -0.1) is 0 Å². The fourth-order valence-corrected chi connectivity index (χ4v) is 2.45. The highest BCUT2D eigenvalue weighted by atomic mass is 16.2. The Hall–Kier alpha value is -3.66. The van der Waals surface area contributed by atoms with Gasteiger partial charge in [-0.3, -0.25) is 9.89 Å². The molecule has 0 aliphatic carbocycles. The number of anilines is 1. The largest absolute Gasteiger partial charge is 0.350 e. The third-order valence-electron chi connectivity index (χ3n) is 3.90. The van der Waals surface area contributed by atoms with Crippen molar-refractivity contribution in [2.45, 2.75) is 6.54 Å². The van der Waals surface area contributed by atoms with Crippen molar-refractivity contribution in [3.63, 3.8) is 0 Å². The van der Waals surface area contributed by atoms with E-state index in [1.54, 1.807) is 30.3 Å². The highest BCUT2D eigenvalue weighted by Crippen LogP contribution is 2.16. The molecule has 0 fully saturated rings. The zero-order chi connectivity index (χ0) is 18.4. The fraction of sp³-hybridized carbons (Fsp3) is 0.158. The first-order valence-corrected chi connectivity index (χ1v) is 8.08. The maximum absolute atomic E-state index is 12.1. The Balaban J connectivity index is 1.51. The molecule has 0 saturated heterocycles. The van der Waals surface area contributed by atoms with E-state index >= 15 is 0 Å². The van der Waals surface area contributed by atoms with E-state index in [2.05, 4.69) is 20.5 Å². The normalized spacial score (nSPS) is 10.2. The quantitative estimate of drug-likeness (QED) is 0.712. The molecule has 2 aromatic heterocycles. The average Bonchev–Trinajstić information content (AvgIpc) is 3.21. The number of amides is 1. The number of aromatic amines is 1. The molecule has 0 radical (unpaired) electrons. The number of hydrogen-bond donors (Lipinski definition) is 2. The molecule has 0 saturated carbocycles. The van der Waals surface area contributed by atoms with Gasteiger partial charge in [0.2, 0.25) is 5.91 Å². The molecule has 7 heteroatoms. The van der Waals surface area contributed by atoms with Crippen molar-refractivity contribution < 1.29 is 4.79 Å². The summed E-state index contributed by atoms with van der Waals surface area (Å²) in [6, 6.07) is 15.3. The summed E-state index contributed by atoms with van der Waals surface area (Å²) in [7, 11) is 1.78. The van der Waals surface area contributed by atoms with Crippen molar-refractivity contribution in [2.75, 3.05) is 18.5 Å². The molecular weight excluding hydrogens is 328 g/mol. The molecule has 2 heterocycles. The lowest BCUT2D eigenvalue weighted by Crippen LogP contribution is -2.35. The van der Waals surface area contributed by atoms with E-state index in [0.29, 0.717) is 17.9 Å². The number of benzene rings is 1. The molecular formula is C19H18N6O. The highest BCUT2D eigenvalue weighted by molar-refractivity contribution is 5.80. The summed E-state index contributed by atoms with van der Waals surface area (Å²) in [6.45, 7) is 0.641. The third kappa shape index (κ3) is 4.24. The van der Waals surface area contributed by atoms with Crippen LogP contribution in [0.15, 0.2) is 54.9 Å². The lowest BCUT2D eigenvalue weighted by Gasteiger charge is -2.17. The molecule has 1 amide bonds. The zero-order valence-corrected chi connectivity index (χ0v) is 14.3. The number of nitrogens with one attached hydrogen (secondary N) is 2. The Kier molecular flexibility index (Phi) is 5.25. The maximum atomic E-state index is 12.1. The molecule has 1 aromatic carbocycles. The van der Waals surface area contributed by atoms with Gasteiger partial charge in [0.05, 0.1) is 17.8 Å².